The number of aliphatic imine (C=N–C) groups is 1. The minimum atomic E-state index is 0. The summed E-state index contributed by atoms with van der Waals surface area (Å²) in [5.74, 6) is 3.27. The van der Waals surface area contributed by atoms with Gasteiger partial charge in [-0.05, 0) is 49.1 Å². The Balaban J connectivity index is 0.00000196. The van der Waals surface area contributed by atoms with E-state index in [-0.39, 0.29) is 24.0 Å². The molecule has 0 spiro atoms. The van der Waals surface area contributed by atoms with Gasteiger partial charge in [0.1, 0.15) is 0 Å². The van der Waals surface area contributed by atoms with E-state index in [1.807, 2.05) is 0 Å². The Morgan fingerprint density at radius 1 is 1.38 bits per heavy atom. The van der Waals surface area contributed by atoms with Crippen LogP contribution in [-0.4, -0.2) is 36.0 Å². The van der Waals surface area contributed by atoms with E-state index < -0.39 is 0 Å². The first-order chi connectivity index (χ1) is 12.2. The highest BCUT2D eigenvalue weighted by molar-refractivity contribution is 14.0. The highest BCUT2D eigenvalue weighted by Crippen LogP contribution is 2.61. The summed E-state index contributed by atoms with van der Waals surface area (Å²) in [5.41, 5.74) is 4.25. The summed E-state index contributed by atoms with van der Waals surface area (Å²) in [5, 5.41) is 6.69. The number of nitrogens with one attached hydrogen (secondary N) is 1. The number of hydrogen-bond acceptors (Lipinski definition) is 3. The van der Waals surface area contributed by atoms with Crippen LogP contribution in [0.4, 0.5) is 0 Å². The Morgan fingerprint density at radius 3 is 2.92 bits per heavy atom. The lowest BCUT2D eigenvalue weighted by Crippen LogP contribution is -2.38. The molecule has 0 radical (unpaired) electrons. The van der Waals surface area contributed by atoms with Crippen molar-refractivity contribution < 1.29 is 0 Å². The predicted octanol–water partition coefficient (Wildman–Crippen LogP) is 4.05. The molecule has 4 rings (SSSR count). The van der Waals surface area contributed by atoms with Crippen LogP contribution in [0.25, 0.3) is 0 Å². The molecule has 0 amide bonds. The van der Waals surface area contributed by atoms with Gasteiger partial charge in [0.2, 0.25) is 0 Å². The molecule has 0 aliphatic heterocycles. The van der Waals surface area contributed by atoms with Gasteiger partial charge in [-0.2, -0.15) is 0 Å². The van der Waals surface area contributed by atoms with Gasteiger partial charge in [0.05, 0.1) is 17.2 Å². The second-order valence-corrected chi connectivity index (χ2v) is 8.23. The number of hydrogen-bond donors (Lipinski definition) is 1. The van der Waals surface area contributed by atoms with Gasteiger partial charge in [0.25, 0.3) is 0 Å². The van der Waals surface area contributed by atoms with Crippen molar-refractivity contribution in [3.8, 4) is 0 Å². The van der Waals surface area contributed by atoms with Crippen LogP contribution in [0.3, 0.4) is 0 Å². The molecule has 140 valence electrons. The Bertz CT molecular complexity index is 788. The van der Waals surface area contributed by atoms with E-state index in [4.69, 9.17) is 4.99 Å². The molecule has 1 aromatic carbocycles. The summed E-state index contributed by atoms with van der Waals surface area (Å²) < 4.78 is 0. The molecule has 2 aliphatic rings. The van der Waals surface area contributed by atoms with Crippen molar-refractivity contribution in [2.75, 3.05) is 20.1 Å². The summed E-state index contributed by atoms with van der Waals surface area (Å²) in [7, 11) is 2.10. The van der Waals surface area contributed by atoms with Crippen molar-refractivity contribution in [1.29, 1.82) is 0 Å². The molecule has 3 atom stereocenters. The minimum Gasteiger partial charge on any atom is -0.357 e. The van der Waals surface area contributed by atoms with Gasteiger partial charge in [-0.25, -0.2) is 4.98 Å². The summed E-state index contributed by atoms with van der Waals surface area (Å²) in [6.07, 6.45) is 1.24. The van der Waals surface area contributed by atoms with Crippen LogP contribution in [-0.2, 0) is 13.0 Å². The van der Waals surface area contributed by atoms with Crippen LogP contribution >= 0.6 is 35.3 Å². The second-order valence-electron chi connectivity index (χ2n) is 7.16. The molecule has 6 heteroatoms. The maximum absolute atomic E-state index is 4.94. The van der Waals surface area contributed by atoms with Crippen molar-refractivity contribution in [3.63, 3.8) is 0 Å². The van der Waals surface area contributed by atoms with Crippen LogP contribution in [0, 0.1) is 18.8 Å². The summed E-state index contributed by atoms with van der Waals surface area (Å²) in [4.78, 5) is 11.7. The van der Waals surface area contributed by atoms with Crippen LogP contribution in [0.1, 0.15) is 34.7 Å². The number of aromatic nitrogens is 1. The fourth-order valence-electron chi connectivity index (χ4n) is 4.19. The Labute approximate surface area is 177 Å². The van der Waals surface area contributed by atoms with E-state index in [0.29, 0.717) is 0 Å². The molecule has 4 nitrogen and oxygen atoms in total. The van der Waals surface area contributed by atoms with Gasteiger partial charge in [-0.3, -0.25) is 4.99 Å². The first kappa shape index (κ1) is 19.6. The normalized spacial score (nSPS) is 23.0. The van der Waals surface area contributed by atoms with E-state index >= 15 is 0 Å². The lowest BCUT2D eigenvalue weighted by atomic mass is 10.0. The summed E-state index contributed by atoms with van der Waals surface area (Å²) in [6, 6.07) is 8.93. The molecule has 1 heterocycles. The van der Waals surface area contributed by atoms with Crippen LogP contribution < -0.4 is 5.32 Å². The SMILES string of the molecule is CCNC(=NCC1C2Cc3ccccc3C12)N(C)Cc1csc(C)n1.I. The molecule has 2 aliphatic carbocycles. The van der Waals surface area contributed by atoms with Crippen molar-refractivity contribution in [1.82, 2.24) is 15.2 Å². The summed E-state index contributed by atoms with van der Waals surface area (Å²) >= 11 is 1.71. The van der Waals surface area contributed by atoms with Crippen molar-refractivity contribution in [2.45, 2.75) is 32.7 Å². The van der Waals surface area contributed by atoms with Gasteiger partial charge in [-0.15, -0.1) is 35.3 Å². The third-order valence-corrected chi connectivity index (χ3v) is 6.24. The van der Waals surface area contributed by atoms with Crippen LogP contribution in [0.5, 0.6) is 0 Å². The minimum absolute atomic E-state index is 0. The molecule has 2 aromatic rings. The van der Waals surface area contributed by atoms with Gasteiger partial charge < -0.3 is 10.2 Å². The predicted molar refractivity (Wildman–Crippen MR) is 120 cm³/mol. The van der Waals surface area contributed by atoms with E-state index in [1.165, 1.54) is 6.42 Å². The van der Waals surface area contributed by atoms with Gasteiger partial charge in [0, 0.05) is 25.5 Å². The number of aryl methyl sites for hydroxylation is 1. The molecule has 1 aromatic heterocycles. The largest absolute Gasteiger partial charge is 0.357 e. The fourth-order valence-corrected chi connectivity index (χ4v) is 4.80. The van der Waals surface area contributed by atoms with E-state index in [1.54, 1.807) is 22.5 Å². The molecule has 0 saturated heterocycles. The number of guanidine groups is 1. The van der Waals surface area contributed by atoms with E-state index in [0.717, 1.165) is 54.0 Å². The molecule has 1 saturated carbocycles. The first-order valence-electron chi connectivity index (χ1n) is 9.15. The quantitative estimate of drug-likeness (QED) is 0.397. The fraction of sp³-hybridized carbons (Fsp3) is 0.500. The number of halogens is 1. The lowest BCUT2D eigenvalue weighted by molar-refractivity contribution is 0.469. The van der Waals surface area contributed by atoms with E-state index in [9.17, 15) is 0 Å². The zero-order valence-electron chi connectivity index (χ0n) is 15.6. The zero-order chi connectivity index (χ0) is 17.4. The van der Waals surface area contributed by atoms with Crippen LogP contribution in [0.2, 0.25) is 0 Å². The standard InChI is InChI=1S/C20H26N4S.HI/c1-4-21-20(24(3)11-15-12-25-13(2)23-15)22-10-18-17-9-14-7-5-6-8-16(14)19(17)18;/h5-8,12,17-19H,4,9-11H2,1-3H3,(H,21,22);1H. The number of benzene rings is 1. The Morgan fingerprint density at radius 2 is 2.19 bits per heavy atom. The molecule has 26 heavy (non-hydrogen) atoms. The highest BCUT2D eigenvalue weighted by Gasteiger charge is 2.54. The lowest BCUT2D eigenvalue weighted by Gasteiger charge is -2.21. The molecular weight excluding hydrogens is 455 g/mol. The van der Waals surface area contributed by atoms with Crippen molar-refractivity contribution in [3.05, 3.63) is 51.5 Å². The van der Waals surface area contributed by atoms with Gasteiger partial charge in [-0.1, -0.05) is 24.3 Å². The van der Waals surface area contributed by atoms with Crippen molar-refractivity contribution in [2.24, 2.45) is 16.8 Å². The molecule has 0 bridgehead atoms. The zero-order valence-corrected chi connectivity index (χ0v) is 18.8. The number of thiazole rings is 1. The number of fused-ring (bicyclic) bond motifs is 3. The third-order valence-electron chi connectivity index (χ3n) is 5.42. The third kappa shape index (κ3) is 3.91. The Hall–Kier alpha value is -1.15. The summed E-state index contributed by atoms with van der Waals surface area (Å²) in [6.45, 7) is 6.79. The smallest absolute Gasteiger partial charge is 0.194 e. The van der Waals surface area contributed by atoms with Crippen LogP contribution in [0.15, 0.2) is 34.6 Å². The number of rotatable bonds is 5. The molecule has 1 N–H and O–H groups in total. The average Bonchev–Trinajstić information content (AvgIpc) is 2.91. The van der Waals surface area contributed by atoms with Gasteiger partial charge in [0.15, 0.2) is 5.96 Å². The first-order valence-corrected chi connectivity index (χ1v) is 10.0. The molecule has 3 unspecified atom stereocenters. The maximum Gasteiger partial charge on any atom is 0.194 e. The topological polar surface area (TPSA) is 40.5 Å². The highest BCUT2D eigenvalue weighted by atomic mass is 127. The molecule has 1 fully saturated rings. The second kappa shape index (κ2) is 8.25. The van der Waals surface area contributed by atoms with Crippen molar-refractivity contribution >= 4 is 41.3 Å². The average molecular weight is 482 g/mol. The maximum atomic E-state index is 4.94. The van der Waals surface area contributed by atoms with E-state index in [2.05, 4.69) is 65.7 Å². The monoisotopic (exact) mass is 482 g/mol. The Kier molecular flexibility index (Phi) is 6.22. The number of nitrogens with zero attached hydrogens (tertiary/aromatic N) is 3. The van der Waals surface area contributed by atoms with Gasteiger partial charge >= 0.3 is 0 Å². The molecular formula is C20H27IN4S.